The monoisotopic (exact) mass is 421 g/mol. The quantitative estimate of drug-likeness (QED) is 0.265. The van der Waals surface area contributed by atoms with Gasteiger partial charge in [-0.1, -0.05) is 19.1 Å². The molecule has 3 aromatic rings. The molecule has 31 heavy (non-hydrogen) atoms. The average Bonchev–Trinajstić information content (AvgIpc) is 2.78. The van der Waals surface area contributed by atoms with Gasteiger partial charge < -0.3 is 9.47 Å². The van der Waals surface area contributed by atoms with E-state index in [1.165, 1.54) is 18.7 Å². The fraction of sp³-hybridized carbons (Fsp3) is 0.136. The lowest BCUT2D eigenvalue weighted by molar-refractivity contribution is -0.394. The first kappa shape index (κ1) is 21.4. The Bertz CT molecular complexity index is 1140. The summed E-state index contributed by atoms with van der Waals surface area (Å²) in [5.74, 6) is 0.424. The van der Waals surface area contributed by atoms with Crippen LogP contribution in [0.3, 0.4) is 0 Å². The molecule has 0 amide bonds. The molecule has 0 unspecified atom stereocenters. The summed E-state index contributed by atoms with van der Waals surface area (Å²) >= 11 is 0. The van der Waals surface area contributed by atoms with Gasteiger partial charge in [0.2, 0.25) is 5.75 Å². The Morgan fingerprint density at radius 2 is 1.61 bits per heavy atom. The van der Waals surface area contributed by atoms with Gasteiger partial charge in [-0.25, -0.2) is 0 Å². The summed E-state index contributed by atoms with van der Waals surface area (Å²) in [4.78, 5) is 25.2. The molecule has 0 aliphatic carbocycles. The van der Waals surface area contributed by atoms with Crippen LogP contribution < -0.4 is 9.47 Å². The number of nitrogens with zero attached hydrogens (tertiary/aromatic N) is 3. The van der Waals surface area contributed by atoms with Gasteiger partial charge in [0.25, 0.3) is 5.69 Å². The molecule has 3 aromatic carbocycles. The van der Waals surface area contributed by atoms with Crippen molar-refractivity contribution in [2.45, 2.75) is 13.3 Å². The number of benzene rings is 3. The van der Waals surface area contributed by atoms with Gasteiger partial charge in [0.15, 0.2) is 11.5 Å². The number of hydrogen-bond donors (Lipinski definition) is 0. The van der Waals surface area contributed by atoms with Crippen molar-refractivity contribution in [1.29, 1.82) is 0 Å². The molecular formula is C22H19N3O6. The molecule has 0 bridgehead atoms. The van der Waals surface area contributed by atoms with Gasteiger partial charge in [0.05, 0.1) is 28.7 Å². The van der Waals surface area contributed by atoms with E-state index in [9.17, 15) is 20.2 Å². The van der Waals surface area contributed by atoms with E-state index in [1.54, 1.807) is 24.4 Å². The highest BCUT2D eigenvalue weighted by atomic mass is 16.6. The SMILES string of the molecule is CCc1ccc(N=Cc2ccc(Oc3ccc([N+](=O)[O-])cc3[N+](=O)[O-])c(OC)c2)cc1. The molecule has 0 saturated carbocycles. The average molecular weight is 421 g/mol. The topological polar surface area (TPSA) is 117 Å². The second-order valence-corrected chi connectivity index (χ2v) is 6.46. The van der Waals surface area contributed by atoms with E-state index in [0.29, 0.717) is 5.75 Å². The Morgan fingerprint density at radius 3 is 2.23 bits per heavy atom. The first-order valence-corrected chi connectivity index (χ1v) is 9.33. The molecule has 3 rings (SSSR count). The Kier molecular flexibility index (Phi) is 6.56. The summed E-state index contributed by atoms with van der Waals surface area (Å²) in [6, 6.07) is 16.1. The zero-order valence-corrected chi connectivity index (χ0v) is 16.8. The maximum Gasteiger partial charge on any atom is 0.318 e. The third-order valence-electron chi connectivity index (χ3n) is 4.46. The second kappa shape index (κ2) is 9.49. The number of rotatable bonds is 8. The third kappa shape index (κ3) is 5.21. The minimum atomic E-state index is -0.736. The number of hydrogen-bond acceptors (Lipinski definition) is 7. The van der Waals surface area contributed by atoms with E-state index in [2.05, 4.69) is 11.9 Å². The summed E-state index contributed by atoms with van der Waals surface area (Å²) in [6.45, 7) is 2.08. The van der Waals surface area contributed by atoms with Crippen LogP contribution in [0, 0.1) is 20.2 Å². The van der Waals surface area contributed by atoms with Gasteiger partial charge in [-0.05, 0) is 53.9 Å². The molecule has 0 saturated heterocycles. The number of aryl methyl sites for hydroxylation is 1. The third-order valence-corrected chi connectivity index (χ3v) is 4.46. The molecule has 0 aliphatic heterocycles. The smallest absolute Gasteiger partial charge is 0.318 e. The Labute approximate surface area is 177 Å². The van der Waals surface area contributed by atoms with Crippen LogP contribution in [0.1, 0.15) is 18.1 Å². The number of nitro benzene ring substituents is 2. The number of methoxy groups -OCH3 is 1. The van der Waals surface area contributed by atoms with Crippen molar-refractivity contribution < 1.29 is 19.3 Å². The summed E-state index contributed by atoms with van der Waals surface area (Å²) in [5.41, 5.74) is 1.85. The minimum Gasteiger partial charge on any atom is -0.493 e. The van der Waals surface area contributed by atoms with Crippen molar-refractivity contribution in [3.05, 3.63) is 92.0 Å². The number of ether oxygens (including phenoxy) is 2. The van der Waals surface area contributed by atoms with Crippen LogP contribution >= 0.6 is 0 Å². The maximum atomic E-state index is 11.3. The molecule has 158 valence electrons. The molecular weight excluding hydrogens is 402 g/mol. The van der Waals surface area contributed by atoms with Gasteiger partial charge in [-0.15, -0.1) is 0 Å². The second-order valence-electron chi connectivity index (χ2n) is 6.46. The first-order valence-electron chi connectivity index (χ1n) is 9.33. The van der Waals surface area contributed by atoms with Crippen LogP contribution in [-0.2, 0) is 6.42 Å². The van der Waals surface area contributed by atoms with E-state index >= 15 is 0 Å². The molecule has 0 radical (unpaired) electrons. The van der Waals surface area contributed by atoms with Crippen LogP contribution in [-0.4, -0.2) is 23.2 Å². The van der Waals surface area contributed by atoms with E-state index in [1.807, 2.05) is 24.3 Å². The zero-order valence-electron chi connectivity index (χ0n) is 16.8. The maximum absolute atomic E-state index is 11.3. The Hall–Kier alpha value is -4.27. The van der Waals surface area contributed by atoms with E-state index < -0.39 is 21.2 Å². The normalized spacial score (nSPS) is 10.8. The highest BCUT2D eigenvalue weighted by Gasteiger charge is 2.22. The standard InChI is InChI=1S/C22H19N3O6/c1-3-15-4-7-17(8-5-15)23-14-16-6-10-21(22(12-16)30-2)31-20-11-9-18(24(26)27)13-19(20)25(28)29/h4-14H,3H2,1-2H3. The lowest BCUT2D eigenvalue weighted by atomic mass is 10.1. The van der Waals surface area contributed by atoms with Crippen LogP contribution in [0.2, 0.25) is 0 Å². The largest absolute Gasteiger partial charge is 0.493 e. The zero-order chi connectivity index (χ0) is 22.4. The summed E-state index contributed by atoms with van der Waals surface area (Å²) < 4.78 is 11.0. The van der Waals surface area contributed by atoms with Crippen LogP contribution in [0.4, 0.5) is 17.1 Å². The molecule has 0 aliphatic rings. The molecule has 0 heterocycles. The fourth-order valence-corrected chi connectivity index (χ4v) is 2.78. The van der Waals surface area contributed by atoms with Gasteiger partial charge in [-0.2, -0.15) is 0 Å². The molecule has 9 nitrogen and oxygen atoms in total. The van der Waals surface area contributed by atoms with Gasteiger partial charge in [-0.3, -0.25) is 25.2 Å². The molecule has 9 heteroatoms. The minimum absolute atomic E-state index is 0.133. The lowest BCUT2D eigenvalue weighted by Gasteiger charge is -2.11. The van der Waals surface area contributed by atoms with E-state index in [-0.39, 0.29) is 11.5 Å². The van der Waals surface area contributed by atoms with E-state index in [0.717, 1.165) is 29.8 Å². The summed E-state index contributed by atoms with van der Waals surface area (Å²) in [6.07, 6.45) is 2.62. The first-order chi connectivity index (χ1) is 14.9. The molecule has 0 atom stereocenters. The number of non-ortho nitro benzene ring substituents is 1. The van der Waals surface area contributed by atoms with Crippen LogP contribution in [0.15, 0.2) is 65.7 Å². The fourth-order valence-electron chi connectivity index (χ4n) is 2.78. The number of aliphatic imine (C=N–C) groups is 1. The molecule has 0 spiro atoms. The van der Waals surface area contributed by atoms with E-state index in [4.69, 9.17) is 9.47 Å². The Balaban J connectivity index is 1.85. The molecule has 0 fully saturated rings. The van der Waals surface area contributed by atoms with Crippen LogP contribution in [0.5, 0.6) is 17.2 Å². The van der Waals surface area contributed by atoms with Crippen molar-refractivity contribution in [1.82, 2.24) is 0 Å². The predicted molar refractivity (Wildman–Crippen MR) is 116 cm³/mol. The highest BCUT2D eigenvalue weighted by molar-refractivity contribution is 5.83. The van der Waals surface area contributed by atoms with Gasteiger partial charge in [0.1, 0.15) is 0 Å². The highest BCUT2D eigenvalue weighted by Crippen LogP contribution is 2.38. The summed E-state index contributed by atoms with van der Waals surface area (Å²) in [5, 5.41) is 22.2. The molecule has 0 aromatic heterocycles. The van der Waals surface area contributed by atoms with Crippen molar-refractivity contribution >= 4 is 23.3 Å². The summed E-state index contributed by atoms with van der Waals surface area (Å²) in [7, 11) is 1.44. The van der Waals surface area contributed by atoms with Crippen molar-refractivity contribution in [2.24, 2.45) is 4.99 Å². The van der Waals surface area contributed by atoms with Crippen molar-refractivity contribution in [3.8, 4) is 17.2 Å². The predicted octanol–water partition coefficient (Wildman–Crippen LogP) is 5.62. The lowest BCUT2D eigenvalue weighted by Crippen LogP contribution is -1.97. The van der Waals surface area contributed by atoms with Gasteiger partial charge >= 0.3 is 5.69 Å². The van der Waals surface area contributed by atoms with Crippen molar-refractivity contribution in [2.75, 3.05) is 7.11 Å². The Morgan fingerprint density at radius 1 is 0.903 bits per heavy atom. The molecule has 0 N–H and O–H groups in total. The number of nitro groups is 2. The van der Waals surface area contributed by atoms with Crippen LogP contribution in [0.25, 0.3) is 0 Å². The van der Waals surface area contributed by atoms with Crippen molar-refractivity contribution in [3.63, 3.8) is 0 Å². The van der Waals surface area contributed by atoms with Gasteiger partial charge in [0, 0.05) is 12.3 Å².